The van der Waals surface area contributed by atoms with Crippen molar-refractivity contribution in [1.29, 1.82) is 0 Å². The Kier molecular flexibility index (Phi) is 4.55. The van der Waals surface area contributed by atoms with Crippen LogP contribution in [-0.4, -0.2) is 6.54 Å². The summed E-state index contributed by atoms with van der Waals surface area (Å²) in [5.41, 5.74) is 10.4. The van der Waals surface area contributed by atoms with Crippen molar-refractivity contribution in [3.8, 4) is 0 Å². The second-order valence-electron chi connectivity index (χ2n) is 5.37. The second kappa shape index (κ2) is 5.49. The lowest BCUT2D eigenvalue weighted by molar-refractivity contribution is 0.302. The fourth-order valence-corrected chi connectivity index (χ4v) is 2.32. The molecule has 0 aliphatic carbocycles. The van der Waals surface area contributed by atoms with Gasteiger partial charge in [-0.15, -0.1) is 0 Å². The normalized spacial score (nSPS) is 14.8. The van der Waals surface area contributed by atoms with Crippen molar-refractivity contribution in [2.45, 2.75) is 47.0 Å². The summed E-state index contributed by atoms with van der Waals surface area (Å²) in [6, 6.07) is 6.70. The van der Waals surface area contributed by atoms with Crippen molar-refractivity contribution in [1.82, 2.24) is 0 Å². The van der Waals surface area contributed by atoms with Gasteiger partial charge in [-0.25, -0.2) is 0 Å². The van der Waals surface area contributed by atoms with Crippen molar-refractivity contribution < 1.29 is 0 Å². The highest BCUT2D eigenvalue weighted by Gasteiger charge is 2.22. The standard InChI is InChI=1S/C15H25N/c1-5-8-15(4,11-16)10-14-9-12(2)6-7-13(14)3/h6-7,9H,5,8,10-11,16H2,1-4H3. The molecule has 1 unspecified atom stereocenters. The van der Waals surface area contributed by atoms with E-state index in [2.05, 4.69) is 45.9 Å². The molecule has 0 fully saturated rings. The van der Waals surface area contributed by atoms with Gasteiger partial charge in [-0.3, -0.25) is 0 Å². The molecule has 2 N–H and O–H groups in total. The van der Waals surface area contributed by atoms with E-state index in [0.717, 1.165) is 13.0 Å². The maximum atomic E-state index is 5.93. The van der Waals surface area contributed by atoms with E-state index >= 15 is 0 Å². The SMILES string of the molecule is CCCC(C)(CN)Cc1cc(C)ccc1C. The molecule has 1 heteroatoms. The lowest BCUT2D eigenvalue weighted by atomic mass is 9.79. The summed E-state index contributed by atoms with van der Waals surface area (Å²) in [6.45, 7) is 9.66. The maximum absolute atomic E-state index is 5.93. The first-order chi connectivity index (χ1) is 7.50. The van der Waals surface area contributed by atoms with E-state index in [-0.39, 0.29) is 5.41 Å². The Bertz CT molecular complexity index is 343. The van der Waals surface area contributed by atoms with Gasteiger partial charge in [-0.1, -0.05) is 44.0 Å². The van der Waals surface area contributed by atoms with E-state index < -0.39 is 0 Å². The van der Waals surface area contributed by atoms with E-state index in [9.17, 15) is 0 Å². The summed E-state index contributed by atoms with van der Waals surface area (Å²) in [5, 5.41) is 0. The molecule has 0 saturated carbocycles. The Labute approximate surface area is 100 Å². The molecule has 0 aliphatic rings. The molecule has 1 atom stereocenters. The lowest BCUT2D eigenvalue weighted by Gasteiger charge is -2.28. The molecule has 1 rings (SSSR count). The highest BCUT2D eigenvalue weighted by molar-refractivity contribution is 5.31. The summed E-state index contributed by atoms with van der Waals surface area (Å²) >= 11 is 0. The summed E-state index contributed by atoms with van der Waals surface area (Å²) < 4.78 is 0. The Morgan fingerprint density at radius 1 is 1.25 bits per heavy atom. The molecule has 0 radical (unpaired) electrons. The van der Waals surface area contributed by atoms with Crippen LogP contribution in [0.4, 0.5) is 0 Å². The van der Waals surface area contributed by atoms with Crippen molar-refractivity contribution in [2.24, 2.45) is 11.1 Å². The third-order valence-corrected chi connectivity index (χ3v) is 3.47. The molecule has 1 aromatic carbocycles. The van der Waals surface area contributed by atoms with Gasteiger partial charge < -0.3 is 5.73 Å². The van der Waals surface area contributed by atoms with Gasteiger partial charge in [0.2, 0.25) is 0 Å². The van der Waals surface area contributed by atoms with E-state index in [1.165, 1.54) is 29.5 Å². The van der Waals surface area contributed by atoms with Gasteiger partial charge in [0.25, 0.3) is 0 Å². The van der Waals surface area contributed by atoms with E-state index in [0.29, 0.717) is 0 Å². The number of aryl methyl sites for hydroxylation is 2. The molecule has 0 amide bonds. The Balaban J connectivity index is 2.89. The third kappa shape index (κ3) is 3.34. The van der Waals surface area contributed by atoms with Crippen molar-refractivity contribution in [3.05, 3.63) is 34.9 Å². The minimum Gasteiger partial charge on any atom is -0.330 e. The quantitative estimate of drug-likeness (QED) is 0.804. The first kappa shape index (κ1) is 13.2. The second-order valence-corrected chi connectivity index (χ2v) is 5.37. The monoisotopic (exact) mass is 219 g/mol. The van der Waals surface area contributed by atoms with Gasteiger partial charge >= 0.3 is 0 Å². The summed E-state index contributed by atoms with van der Waals surface area (Å²) in [4.78, 5) is 0. The zero-order valence-electron chi connectivity index (χ0n) is 11.1. The minimum absolute atomic E-state index is 0.257. The molecular formula is C15H25N. The van der Waals surface area contributed by atoms with Crippen molar-refractivity contribution >= 4 is 0 Å². The van der Waals surface area contributed by atoms with Crippen LogP contribution in [0.25, 0.3) is 0 Å². The molecular weight excluding hydrogens is 194 g/mol. The summed E-state index contributed by atoms with van der Waals surface area (Å²) in [5.74, 6) is 0. The Hall–Kier alpha value is -0.820. The fraction of sp³-hybridized carbons (Fsp3) is 0.600. The van der Waals surface area contributed by atoms with Crippen LogP contribution in [0, 0.1) is 19.3 Å². The van der Waals surface area contributed by atoms with E-state index in [4.69, 9.17) is 5.73 Å². The van der Waals surface area contributed by atoms with Crippen LogP contribution >= 0.6 is 0 Å². The maximum Gasteiger partial charge on any atom is -0.00200 e. The zero-order valence-corrected chi connectivity index (χ0v) is 11.1. The number of hydrogen-bond acceptors (Lipinski definition) is 1. The van der Waals surface area contributed by atoms with E-state index in [1.807, 2.05) is 0 Å². The van der Waals surface area contributed by atoms with Gasteiger partial charge in [0.15, 0.2) is 0 Å². The molecule has 0 aliphatic heterocycles. The van der Waals surface area contributed by atoms with Crippen molar-refractivity contribution in [2.75, 3.05) is 6.54 Å². The third-order valence-electron chi connectivity index (χ3n) is 3.47. The first-order valence-corrected chi connectivity index (χ1v) is 6.27. The topological polar surface area (TPSA) is 26.0 Å². The van der Waals surface area contributed by atoms with Crippen LogP contribution in [0.1, 0.15) is 43.4 Å². The molecule has 90 valence electrons. The van der Waals surface area contributed by atoms with Crippen LogP contribution < -0.4 is 5.73 Å². The van der Waals surface area contributed by atoms with Crippen molar-refractivity contribution in [3.63, 3.8) is 0 Å². The van der Waals surface area contributed by atoms with Gasteiger partial charge in [0, 0.05) is 0 Å². The highest BCUT2D eigenvalue weighted by Crippen LogP contribution is 2.28. The molecule has 0 saturated heterocycles. The van der Waals surface area contributed by atoms with Crippen LogP contribution in [0.5, 0.6) is 0 Å². The fourth-order valence-electron chi connectivity index (χ4n) is 2.32. The lowest BCUT2D eigenvalue weighted by Crippen LogP contribution is -2.29. The molecule has 0 bridgehead atoms. The van der Waals surface area contributed by atoms with Crippen LogP contribution in [0.2, 0.25) is 0 Å². The zero-order chi connectivity index (χ0) is 12.2. The minimum atomic E-state index is 0.257. The Morgan fingerprint density at radius 3 is 2.50 bits per heavy atom. The number of rotatable bonds is 5. The van der Waals surface area contributed by atoms with Gasteiger partial charge in [0.1, 0.15) is 0 Å². The predicted octanol–water partition coefficient (Wildman–Crippen LogP) is 3.61. The van der Waals surface area contributed by atoms with E-state index in [1.54, 1.807) is 0 Å². The molecule has 0 spiro atoms. The molecule has 1 aromatic rings. The van der Waals surface area contributed by atoms with Crippen LogP contribution in [0.15, 0.2) is 18.2 Å². The predicted molar refractivity (Wildman–Crippen MR) is 71.7 cm³/mol. The van der Waals surface area contributed by atoms with Gasteiger partial charge in [-0.2, -0.15) is 0 Å². The summed E-state index contributed by atoms with van der Waals surface area (Å²) in [7, 11) is 0. The first-order valence-electron chi connectivity index (χ1n) is 6.27. The number of benzene rings is 1. The smallest absolute Gasteiger partial charge is 0.00200 e. The van der Waals surface area contributed by atoms with Gasteiger partial charge in [0.05, 0.1) is 0 Å². The molecule has 16 heavy (non-hydrogen) atoms. The Morgan fingerprint density at radius 2 is 1.94 bits per heavy atom. The highest BCUT2D eigenvalue weighted by atomic mass is 14.6. The average Bonchev–Trinajstić information content (AvgIpc) is 2.24. The molecule has 0 aromatic heterocycles. The molecule has 1 nitrogen and oxygen atoms in total. The largest absolute Gasteiger partial charge is 0.330 e. The van der Waals surface area contributed by atoms with Crippen LogP contribution in [-0.2, 0) is 6.42 Å². The van der Waals surface area contributed by atoms with Gasteiger partial charge in [-0.05, 0) is 49.8 Å². The van der Waals surface area contributed by atoms with Crippen LogP contribution in [0.3, 0.4) is 0 Å². The summed E-state index contributed by atoms with van der Waals surface area (Å²) in [6.07, 6.45) is 3.51. The average molecular weight is 219 g/mol. The molecule has 0 heterocycles. The number of nitrogens with two attached hydrogens (primary N) is 1. The number of hydrogen-bond donors (Lipinski definition) is 1.